The van der Waals surface area contributed by atoms with E-state index in [0.29, 0.717) is 11.0 Å². The first-order chi connectivity index (χ1) is 8.97. The van der Waals surface area contributed by atoms with Crippen LogP contribution in [-0.4, -0.2) is 20.6 Å². The van der Waals surface area contributed by atoms with Gasteiger partial charge in [-0.15, -0.1) is 0 Å². The molecule has 0 radical (unpaired) electrons. The highest BCUT2D eigenvalue weighted by Crippen LogP contribution is 2.23. The Morgan fingerprint density at radius 3 is 2.68 bits per heavy atom. The zero-order valence-corrected chi connectivity index (χ0v) is 11.2. The molecule has 1 heterocycles. The number of nitro benzene ring substituents is 1. The molecule has 0 saturated carbocycles. The van der Waals surface area contributed by atoms with E-state index in [1.54, 1.807) is 16.8 Å². The van der Waals surface area contributed by atoms with Crippen molar-refractivity contribution in [3.8, 4) is 0 Å². The number of nitrogens with zero attached hydrogens (tertiary/aromatic N) is 2. The quantitative estimate of drug-likeness (QED) is 0.692. The number of aromatic nitrogens is 1. The van der Waals surface area contributed by atoms with Crippen LogP contribution in [0.15, 0.2) is 41.1 Å². The molecule has 1 N–H and O–H groups in total. The number of rotatable bonds is 4. The lowest BCUT2D eigenvalue weighted by molar-refractivity contribution is -0.384. The first-order valence-electron chi connectivity index (χ1n) is 5.29. The van der Waals surface area contributed by atoms with Crippen LogP contribution in [0.1, 0.15) is 15.9 Å². The number of carboxylic acids is 1. The molecular weight excluding hydrogens is 316 g/mol. The van der Waals surface area contributed by atoms with Gasteiger partial charge < -0.3 is 9.67 Å². The first kappa shape index (κ1) is 13.3. The van der Waals surface area contributed by atoms with E-state index < -0.39 is 10.9 Å². The summed E-state index contributed by atoms with van der Waals surface area (Å²) >= 11 is 3.27. The van der Waals surface area contributed by atoms with Gasteiger partial charge in [0.25, 0.3) is 5.69 Å². The van der Waals surface area contributed by atoms with Gasteiger partial charge in [0.05, 0.1) is 10.5 Å². The second-order valence-electron chi connectivity index (χ2n) is 3.91. The summed E-state index contributed by atoms with van der Waals surface area (Å²) < 4.78 is 2.32. The van der Waals surface area contributed by atoms with Crippen molar-refractivity contribution in [1.29, 1.82) is 0 Å². The van der Waals surface area contributed by atoms with Crippen molar-refractivity contribution in [2.45, 2.75) is 6.54 Å². The molecular formula is C12H9BrN2O4. The van der Waals surface area contributed by atoms with Gasteiger partial charge in [0, 0.05) is 35.5 Å². The predicted molar refractivity (Wildman–Crippen MR) is 71.3 cm³/mol. The summed E-state index contributed by atoms with van der Waals surface area (Å²) in [5, 5.41) is 19.4. The number of hydrogen-bond donors (Lipinski definition) is 1. The van der Waals surface area contributed by atoms with Gasteiger partial charge in [0.1, 0.15) is 0 Å². The maximum atomic E-state index is 10.8. The highest BCUT2D eigenvalue weighted by molar-refractivity contribution is 9.10. The fourth-order valence-corrected chi connectivity index (χ4v) is 2.13. The maximum absolute atomic E-state index is 10.8. The normalized spacial score (nSPS) is 10.4. The van der Waals surface area contributed by atoms with Gasteiger partial charge in [-0.1, -0.05) is 15.9 Å². The Bertz CT molecular complexity index is 651. The molecule has 0 spiro atoms. The molecule has 19 heavy (non-hydrogen) atoms. The van der Waals surface area contributed by atoms with Crippen LogP contribution in [0.2, 0.25) is 0 Å². The summed E-state index contributed by atoms with van der Waals surface area (Å²) in [4.78, 5) is 20.9. The van der Waals surface area contributed by atoms with Crippen molar-refractivity contribution >= 4 is 27.6 Å². The molecule has 0 bridgehead atoms. The topological polar surface area (TPSA) is 85.4 Å². The second kappa shape index (κ2) is 5.23. The Morgan fingerprint density at radius 1 is 1.42 bits per heavy atom. The summed E-state index contributed by atoms with van der Waals surface area (Å²) in [7, 11) is 0. The Hall–Kier alpha value is -2.15. The van der Waals surface area contributed by atoms with Crippen LogP contribution in [0.4, 0.5) is 5.69 Å². The van der Waals surface area contributed by atoms with E-state index in [0.717, 1.165) is 5.56 Å². The smallest absolute Gasteiger partial charge is 0.337 e. The SMILES string of the molecule is O=C(O)c1ccn(Cc2ccc([N+](=O)[O-])cc2Br)c1. The first-order valence-corrected chi connectivity index (χ1v) is 6.08. The minimum absolute atomic E-state index is 0.00866. The fraction of sp³-hybridized carbons (Fsp3) is 0.0833. The van der Waals surface area contributed by atoms with Gasteiger partial charge in [0.2, 0.25) is 0 Å². The summed E-state index contributed by atoms with van der Waals surface area (Å²) in [5.41, 5.74) is 1.05. The Labute approximate surface area is 116 Å². The maximum Gasteiger partial charge on any atom is 0.337 e. The summed E-state index contributed by atoms with van der Waals surface area (Å²) in [6, 6.07) is 5.99. The molecule has 0 amide bonds. The fourth-order valence-electron chi connectivity index (χ4n) is 1.64. The predicted octanol–water partition coefficient (Wildman–Crippen LogP) is 2.91. The van der Waals surface area contributed by atoms with Gasteiger partial charge in [-0.3, -0.25) is 10.1 Å². The molecule has 6 nitrogen and oxygen atoms in total. The summed E-state index contributed by atoms with van der Waals surface area (Å²) in [6.45, 7) is 0.436. The van der Waals surface area contributed by atoms with E-state index in [4.69, 9.17) is 5.11 Å². The number of benzene rings is 1. The number of carbonyl (C=O) groups is 1. The lowest BCUT2D eigenvalue weighted by Crippen LogP contribution is -1.99. The number of non-ortho nitro benzene ring substituents is 1. The summed E-state index contributed by atoms with van der Waals surface area (Å²) in [6.07, 6.45) is 3.16. The van der Waals surface area contributed by atoms with Crippen LogP contribution in [0, 0.1) is 10.1 Å². The van der Waals surface area contributed by atoms with E-state index in [1.807, 2.05) is 0 Å². The zero-order valence-electron chi connectivity index (χ0n) is 9.62. The van der Waals surface area contributed by atoms with Gasteiger partial charge in [-0.25, -0.2) is 4.79 Å². The largest absolute Gasteiger partial charge is 0.478 e. The molecule has 0 fully saturated rings. The van der Waals surface area contributed by atoms with Crippen molar-refractivity contribution in [3.05, 3.63) is 62.4 Å². The molecule has 2 aromatic rings. The number of halogens is 1. The third-order valence-corrected chi connectivity index (χ3v) is 3.34. The van der Waals surface area contributed by atoms with Crippen LogP contribution in [0.25, 0.3) is 0 Å². The van der Waals surface area contributed by atoms with E-state index in [1.165, 1.54) is 24.4 Å². The van der Waals surface area contributed by atoms with E-state index in [9.17, 15) is 14.9 Å². The Kier molecular flexibility index (Phi) is 3.66. The average Bonchev–Trinajstić information content (AvgIpc) is 2.80. The lowest BCUT2D eigenvalue weighted by Gasteiger charge is -2.05. The van der Waals surface area contributed by atoms with Gasteiger partial charge in [0.15, 0.2) is 0 Å². The second-order valence-corrected chi connectivity index (χ2v) is 4.76. The highest BCUT2D eigenvalue weighted by atomic mass is 79.9. The molecule has 98 valence electrons. The molecule has 0 saturated heterocycles. The van der Waals surface area contributed by atoms with Crippen LogP contribution in [0.3, 0.4) is 0 Å². The number of aromatic carboxylic acids is 1. The molecule has 1 aromatic heterocycles. The molecule has 0 unspecified atom stereocenters. The van der Waals surface area contributed by atoms with Gasteiger partial charge in [-0.05, 0) is 17.7 Å². The van der Waals surface area contributed by atoms with Crippen LogP contribution in [-0.2, 0) is 6.54 Å². The third-order valence-electron chi connectivity index (χ3n) is 2.60. The Morgan fingerprint density at radius 2 is 2.16 bits per heavy atom. The third kappa shape index (κ3) is 3.00. The lowest BCUT2D eigenvalue weighted by atomic mass is 10.2. The van der Waals surface area contributed by atoms with Gasteiger partial charge >= 0.3 is 5.97 Å². The van der Waals surface area contributed by atoms with Crippen LogP contribution in [0.5, 0.6) is 0 Å². The molecule has 7 heteroatoms. The monoisotopic (exact) mass is 324 g/mol. The van der Waals surface area contributed by atoms with E-state index >= 15 is 0 Å². The minimum atomic E-state index is -0.985. The molecule has 0 aliphatic heterocycles. The van der Waals surface area contributed by atoms with Crippen LogP contribution >= 0.6 is 15.9 Å². The van der Waals surface area contributed by atoms with Crippen molar-refractivity contribution in [2.24, 2.45) is 0 Å². The number of carboxylic acid groups (broad SMARTS) is 1. The standard InChI is InChI=1S/C12H9BrN2O4/c13-11-5-10(15(18)19)2-1-8(11)6-14-4-3-9(7-14)12(16)17/h1-5,7H,6H2,(H,16,17). The van der Waals surface area contributed by atoms with Crippen molar-refractivity contribution < 1.29 is 14.8 Å². The molecule has 1 aromatic carbocycles. The molecule has 0 atom stereocenters. The van der Waals surface area contributed by atoms with E-state index in [2.05, 4.69) is 15.9 Å². The van der Waals surface area contributed by atoms with Crippen molar-refractivity contribution in [2.75, 3.05) is 0 Å². The minimum Gasteiger partial charge on any atom is -0.478 e. The number of nitro groups is 1. The van der Waals surface area contributed by atoms with Crippen molar-refractivity contribution in [3.63, 3.8) is 0 Å². The molecule has 0 aliphatic carbocycles. The Balaban J connectivity index is 2.23. The molecule has 0 aliphatic rings. The van der Waals surface area contributed by atoms with Gasteiger partial charge in [-0.2, -0.15) is 0 Å². The average molecular weight is 325 g/mol. The molecule has 2 rings (SSSR count). The summed E-state index contributed by atoms with van der Waals surface area (Å²) in [5.74, 6) is -0.985. The van der Waals surface area contributed by atoms with Crippen molar-refractivity contribution in [1.82, 2.24) is 4.57 Å². The zero-order chi connectivity index (χ0) is 14.0. The highest BCUT2D eigenvalue weighted by Gasteiger charge is 2.10. The van der Waals surface area contributed by atoms with E-state index in [-0.39, 0.29) is 11.3 Å². The van der Waals surface area contributed by atoms with Crippen LogP contribution < -0.4 is 0 Å². The number of hydrogen-bond acceptors (Lipinski definition) is 3.